The topological polar surface area (TPSA) is 30.7 Å². The van der Waals surface area contributed by atoms with Crippen LogP contribution in [0.2, 0.25) is 0 Å². The lowest BCUT2D eigenvalue weighted by Crippen LogP contribution is -2.04. The fourth-order valence-electron chi connectivity index (χ4n) is 3.51. The van der Waals surface area contributed by atoms with Crippen molar-refractivity contribution in [1.82, 2.24) is 15.0 Å². The highest BCUT2D eigenvalue weighted by molar-refractivity contribution is 5.14. The molecule has 3 rings (SSSR count). The molecule has 1 aromatic heterocycles. The molecule has 1 saturated carbocycles. The van der Waals surface area contributed by atoms with Crippen LogP contribution < -0.4 is 0 Å². The Morgan fingerprint density at radius 1 is 1.27 bits per heavy atom. The number of hydrogen-bond acceptors (Lipinski definition) is 2. The molecule has 0 aliphatic heterocycles. The van der Waals surface area contributed by atoms with E-state index in [1.54, 1.807) is 0 Å². The first-order valence-corrected chi connectivity index (χ1v) is 6.18. The zero-order valence-electron chi connectivity index (χ0n) is 9.61. The quantitative estimate of drug-likeness (QED) is 0.701. The third-order valence-electron chi connectivity index (χ3n) is 4.43. The molecular weight excluding hydrogens is 186 g/mol. The molecule has 1 aromatic rings. The first-order valence-electron chi connectivity index (χ1n) is 6.18. The first kappa shape index (κ1) is 9.37. The standard InChI is InChI=1S/C12H19N3/c1-3-8-9-4-6-11-12(7-5-10(8)9)15(2)14-13-11/h8-10H,3-7H2,1-2H3. The van der Waals surface area contributed by atoms with E-state index in [-0.39, 0.29) is 0 Å². The summed E-state index contributed by atoms with van der Waals surface area (Å²) in [4.78, 5) is 0. The van der Waals surface area contributed by atoms with E-state index >= 15 is 0 Å². The Bertz CT molecular complexity index is 369. The van der Waals surface area contributed by atoms with Gasteiger partial charge < -0.3 is 0 Å². The average molecular weight is 205 g/mol. The molecule has 2 aliphatic rings. The molecule has 2 aliphatic carbocycles. The minimum Gasteiger partial charge on any atom is -0.252 e. The lowest BCUT2D eigenvalue weighted by molar-refractivity contribution is 0.566. The monoisotopic (exact) mass is 205 g/mol. The van der Waals surface area contributed by atoms with Crippen molar-refractivity contribution < 1.29 is 0 Å². The number of aryl methyl sites for hydroxylation is 2. The number of rotatable bonds is 1. The van der Waals surface area contributed by atoms with Crippen LogP contribution in [-0.4, -0.2) is 15.0 Å². The van der Waals surface area contributed by atoms with Gasteiger partial charge in [-0.3, -0.25) is 4.68 Å². The second kappa shape index (κ2) is 3.32. The third kappa shape index (κ3) is 1.40. The third-order valence-corrected chi connectivity index (χ3v) is 4.43. The van der Waals surface area contributed by atoms with Gasteiger partial charge in [-0.1, -0.05) is 18.6 Å². The van der Waals surface area contributed by atoms with Gasteiger partial charge in [0.2, 0.25) is 0 Å². The Kier molecular flexibility index (Phi) is 2.08. The van der Waals surface area contributed by atoms with Gasteiger partial charge in [0, 0.05) is 7.05 Å². The number of hydrogen-bond donors (Lipinski definition) is 0. The van der Waals surface area contributed by atoms with Gasteiger partial charge in [0.05, 0.1) is 11.4 Å². The summed E-state index contributed by atoms with van der Waals surface area (Å²) in [6.45, 7) is 2.34. The zero-order valence-corrected chi connectivity index (χ0v) is 9.61. The normalized spacial score (nSPS) is 33.9. The lowest BCUT2D eigenvalue weighted by Gasteiger charge is -2.07. The van der Waals surface area contributed by atoms with E-state index in [1.165, 1.54) is 37.1 Å². The molecule has 0 bridgehead atoms. The van der Waals surface area contributed by atoms with E-state index in [0.717, 1.165) is 24.2 Å². The SMILES string of the molecule is CCC1C2CCc3nnn(C)c3CCC12. The molecule has 0 spiro atoms. The summed E-state index contributed by atoms with van der Waals surface area (Å²) in [6, 6.07) is 0. The van der Waals surface area contributed by atoms with E-state index in [1.807, 2.05) is 11.7 Å². The van der Waals surface area contributed by atoms with E-state index in [9.17, 15) is 0 Å². The van der Waals surface area contributed by atoms with Crippen molar-refractivity contribution >= 4 is 0 Å². The minimum atomic E-state index is 1.00. The van der Waals surface area contributed by atoms with Crippen LogP contribution in [0.15, 0.2) is 0 Å². The molecule has 3 unspecified atom stereocenters. The largest absolute Gasteiger partial charge is 0.252 e. The molecule has 82 valence electrons. The van der Waals surface area contributed by atoms with Crippen LogP contribution in [0.1, 0.15) is 37.6 Å². The van der Waals surface area contributed by atoms with Crippen LogP contribution in [0.25, 0.3) is 0 Å². The molecule has 0 amide bonds. The Labute approximate surface area is 90.9 Å². The van der Waals surface area contributed by atoms with E-state index < -0.39 is 0 Å². The van der Waals surface area contributed by atoms with Crippen molar-refractivity contribution in [2.45, 2.75) is 39.0 Å². The Hall–Kier alpha value is -0.860. The van der Waals surface area contributed by atoms with Gasteiger partial charge in [-0.25, -0.2) is 0 Å². The predicted octanol–water partition coefficient (Wildman–Crippen LogP) is 1.97. The van der Waals surface area contributed by atoms with E-state index in [0.29, 0.717) is 0 Å². The lowest BCUT2D eigenvalue weighted by atomic mass is 10.0. The maximum atomic E-state index is 4.27. The molecule has 0 aromatic carbocycles. The fraction of sp³-hybridized carbons (Fsp3) is 0.833. The first-order chi connectivity index (χ1) is 7.31. The van der Waals surface area contributed by atoms with Gasteiger partial charge in [-0.05, 0) is 43.4 Å². The van der Waals surface area contributed by atoms with Crippen molar-refractivity contribution in [3.63, 3.8) is 0 Å². The number of nitrogens with zero attached hydrogens (tertiary/aromatic N) is 3. The molecule has 1 fully saturated rings. The van der Waals surface area contributed by atoms with Crippen molar-refractivity contribution in [3.8, 4) is 0 Å². The molecule has 3 atom stereocenters. The van der Waals surface area contributed by atoms with Crippen molar-refractivity contribution in [1.29, 1.82) is 0 Å². The van der Waals surface area contributed by atoms with Crippen LogP contribution in [0.4, 0.5) is 0 Å². The van der Waals surface area contributed by atoms with Crippen LogP contribution >= 0.6 is 0 Å². The van der Waals surface area contributed by atoms with E-state index in [4.69, 9.17) is 0 Å². The van der Waals surface area contributed by atoms with E-state index in [2.05, 4.69) is 17.2 Å². The second-order valence-corrected chi connectivity index (χ2v) is 5.08. The average Bonchev–Trinajstić information content (AvgIpc) is 2.76. The maximum Gasteiger partial charge on any atom is 0.0859 e. The molecular formula is C12H19N3. The van der Waals surface area contributed by atoms with Crippen LogP contribution in [0.3, 0.4) is 0 Å². The summed E-state index contributed by atoms with van der Waals surface area (Å²) in [5.41, 5.74) is 2.65. The van der Waals surface area contributed by atoms with Gasteiger partial charge in [-0.15, -0.1) is 5.10 Å². The molecule has 3 nitrogen and oxygen atoms in total. The van der Waals surface area contributed by atoms with Crippen molar-refractivity contribution in [2.24, 2.45) is 24.8 Å². The van der Waals surface area contributed by atoms with Crippen molar-refractivity contribution in [3.05, 3.63) is 11.4 Å². The summed E-state index contributed by atoms with van der Waals surface area (Å²) in [6.07, 6.45) is 6.42. The molecule has 3 heteroatoms. The second-order valence-electron chi connectivity index (χ2n) is 5.08. The molecule has 0 radical (unpaired) electrons. The maximum absolute atomic E-state index is 4.27. The summed E-state index contributed by atoms with van der Waals surface area (Å²) in [5, 5.41) is 8.40. The van der Waals surface area contributed by atoms with Gasteiger partial charge in [0.25, 0.3) is 0 Å². The van der Waals surface area contributed by atoms with Crippen molar-refractivity contribution in [2.75, 3.05) is 0 Å². The van der Waals surface area contributed by atoms with Gasteiger partial charge in [0.15, 0.2) is 0 Å². The summed E-state index contributed by atoms with van der Waals surface area (Å²) in [7, 11) is 2.02. The number of aromatic nitrogens is 3. The molecule has 0 saturated heterocycles. The van der Waals surface area contributed by atoms with Gasteiger partial charge >= 0.3 is 0 Å². The molecule has 1 heterocycles. The zero-order chi connectivity index (χ0) is 10.4. The highest BCUT2D eigenvalue weighted by Crippen LogP contribution is 2.54. The molecule has 15 heavy (non-hydrogen) atoms. The summed E-state index contributed by atoms with van der Waals surface area (Å²) in [5.74, 6) is 3.04. The Morgan fingerprint density at radius 3 is 2.73 bits per heavy atom. The van der Waals surface area contributed by atoms with Crippen LogP contribution in [0.5, 0.6) is 0 Å². The summed E-state index contributed by atoms with van der Waals surface area (Å²) >= 11 is 0. The summed E-state index contributed by atoms with van der Waals surface area (Å²) < 4.78 is 1.97. The Morgan fingerprint density at radius 2 is 2.00 bits per heavy atom. The molecule has 0 N–H and O–H groups in total. The highest BCUT2D eigenvalue weighted by atomic mass is 15.4. The van der Waals surface area contributed by atoms with Gasteiger partial charge in [-0.2, -0.15) is 0 Å². The van der Waals surface area contributed by atoms with Gasteiger partial charge in [0.1, 0.15) is 0 Å². The smallest absolute Gasteiger partial charge is 0.0859 e. The fourth-order valence-corrected chi connectivity index (χ4v) is 3.51. The number of fused-ring (bicyclic) bond motifs is 2. The highest BCUT2D eigenvalue weighted by Gasteiger charge is 2.48. The Balaban J connectivity index is 1.80. The minimum absolute atomic E-state index is 1.00. The predicted molar refractivity (Wildman–Crippen MR) is 58.4 cm³/mol. The van der Waals surface area contributed by atoms with Crippen LogP contribution in [0, 0.1) is 17.8 Å². The van der Waals surface area contributed by atoms with Crippen LogP contribution in [-0.2, 0) is 19.9 Å².